The summed E-state index contributed by atoms with van der Waals surface area (Å²) in [7, 11) is 0. The topological polar surface area (TPSA) is 123 Å². The number of carbonyl (C=O) groups excluding carboxylic acids is 1. The van der Waals surface area contributed by atoms with E-state index in [9.17, 15) is 19.7 Å². The molecule has 0 spiro atoms. The molecule has 0 fully saturated rings. The van der Waals surface area contributed by atoms with Gasteiger partial charge in [-0.1, -0.05) is 0 Å². The normalized spacial score (nSPS) is 9.67. The molecule has 0 aliphatic heterocycles. The maximum absolute atomic E-state index is 10.6. The third kappa shape index (κ3) is 2.30. The van der Waals surface area contributed by atoms with E-state index < -0.39 is 34.1 Å². The van der Waals surface area contributed by atoms with Gasteiger partial charge >= 0.3 is 11.7 Å². The lowest BCUT2D eigenvalue weighted by molar-refractivity contribution is -0.384. The molecule has 0 aliphatic rings. The van der Waals surface area contributed by atoms with Gasteiger partial charge in [-0.25, -0.2) is 4.79 Å². The third-order valence-electron chi connectivity index (χ3n) is 1.41. The van der Waals surface area contributed by atoms with Crippen LogP contribution < -0.4 is 5.32 Å². The predicted molar refractivity (Wildman–Crippen MR) is 46.6 cm³/mol. The molecule has 1 heterocycles. The molecule has 0 saturated heterocycles. The summed E-state index contributed by atoms with van der Waals surface area (Å²) >= 11 is 0. The number of hydrogen-bond acceptors (Lipinski definition) is 5. The fourth-order valence-corrected chi connectivity index (χ4v) is 0.872. The average Bonchev–Trinajstić information content (AvgIpc) is 2.46. The van der Waals surface area contributed by atoms with Crippen LogP contribution in [0.5, 0.6) is 0 Å². The van der Waals surface area contributed by atoms with Gasteiger partial charge in [0.2, 0.25) is 11.7 Å². The monoisotopic (exact) mass is 214 g/mol. The number of aromatic carboxylic acids is 1. The minimum Gasteiger partial charge on any atom is -0.475 e. The van der Waals surface area contributed by atoms with Crippen molar-refractivity contribution in [2.24, 2.45) is 0 Å². The number of amides is 1. The first-order valence-electron chi connectivity index (χ1n) is 3.71. The summed E-state index contributed by atoms with van der Waals surface area (Å²) in [6, 6.07) is 0.730. The summed E-state index contributed by atoms with van der Waals surface area (Å²) in [6.07, 6.45) is 0. The number of carboxylic acids is 1. The van der Waals surface area contributed by atoms with Gasteiger partial charge in [0.05, 0.1) is 11.0 Å². The number of furan rings is 1. The molecule has 8 heteroatoms. The number of hydrogen-bond donors (Lipinski definition) is 2. The van der Waals surface area contributed by atoms with Gasteiger partial charge in [-0.2, -0.15) is 0 Å². The van der Waals surface area contributed by atoms with Crippen LogP contribution in [0.4, 0.5) is 11.6 Å². The lowest BCUT2D eigenvalue weighted by atomic mass is 10.4. The van der Waals surface area contributed by atoms with Gasteiger partial charge in [0.1, 0.15) is 0 Å². The van der Waals surface area contributed by atoms with Crippen molar-refractivity contribution in [1.29, 1.82) is 0 Å². The van der Waals surface area contributed by atoms with Crippen LogP contribution in [0.25, 0.3) is 0 Å². The Bertz CT molecular complexity index is 435. The molecule has 8 nitrogen and oxygen atoms in total. The van der Waals surface area contributed by atoms with Crippen LogP contribution in [0.2, 0.25) is 0 Å². The fourth-order valence-electron chi connectivity index (χ4n) is 0.872. The molecule has 0 aromatic carbocycles. The standard InChI is InChI=1S/C7H6N2O6/c1-3(10)8-6-4(9(13)14)2-5(15-6)7(11)12/h2H,1H3,(H,8,10)(H,11,12). The number of rotatable bonds is 3. The predicted octanol–water partition coefficient (Wildman–Crippen LogP) is 0.844. The Hall–Kier alpha value is -2.38. The summed E-state index contributed by atoms with van der Waals surface area (Å²) in [5.41, 5.74) is -0.595. The molecule has 80 valence electrons. The van der Waals surface area contributed by atoms with E-state index in [1.807, 2.05) is 5.32 Å². The summed E-state index contributed by atoms with van der Waals surface area (Å²) in [5, 5.41) is 21.0. The number of carboxylic acid groups (broad SMARTS) is 1. The largest absolute Gasteiger partial charge is 0.475 e. The molecule has 2 N–H and O–H groups in total. The highest BCUT2D eigenvalue weighted by atomic mass is 16.6. The van der Waals surface area contributed by atoms with Crippen molar-refractivity contribution in [3.05, 3.63) is 21.9 Å². The Labute approximate surface area is 82.6 Å². The molecule has 0 saturated carbocycles. The van der Waals surface area contributed by atoms with Gasteiger partial charge in [-0.3, -0.25) is 20.2 Å². The SMILES string of the molecule is CC(=O)Nc1oc(C(=O)O)cc1[N+](=O)[O-]. The van der Waals surface area contributed by atoms with Gasteiger partial charge < -0.3 is 9.52 Å². The molecule has 0 radical (unpaired) electrons. The summed E-state index contributed by atoms with van der Waals surface area (Å²) < 4.78 is 4.58. The van der Waals surface area contributed by atoms with E-state index in [1.54, 1.807) is 0 Å². The maximum atomic E-state index is 10.6. The molecular weight excluding hydrogens is 208 g/mol. The number of carbonyl (C=O) groups is 2. The quantitative estimate of drug-likeness (QED) is 0.567. The first kappa shape index (κ1) is 10.7. The Morgan fingerprint density at radius 1 is 1.60 bits per heavy atom. The van der Waals surface area contributed by atoms with Crippen LogP contribution in [0.1, 0.15) is 17.5 Å². The van der Waals surface area contributed by atoms with E-state index in [0.29, 0.717) is 0 Å². The third-order valence-corrected chi connectivity index (χ3v) is 1.41. The number of nitro groups is 1. The van der Waals surface area contributed by atoms with Crippen LogP contribution in [0.3, 0.4) is 0 Å². The van der Waals surface area contributed by atoms with Crippen LogP contribution in [0.15, 0.2) is 10.5 Å². The van der Waals surface area contributed by atoms with Crippen molar-refractivity contribution in [3.63, 3.8) is 0 Å². The second-order valence-corrected chi connectivity index (χ2v) is 2.57. The maximum Gasteiger partial charge on any atom is 0.372 e. The van der Waals surface area contributed by atoms with Gasteiger partial charge in [0, 0.05) is 6.92 Å². The lowest BCUT2D eigenvalue weighted by Crippen LogP contribution is -2.06. The smallest absolute Gasteiger partial charge is 0.372 e. The highest BCUT2D eigenvalue weighted by Crippen LogP contribution is 2.28. The van der Waals surface area contributed by atoms with Crippen LogP contribution >= 0.6 is 0 Å². The minimum atomic E-state index is -1.45. The molecule has 1 rings (SSSR count). The van der Waals surface area contributed by atoms with Crippen LogP contribution in [0, 0.1) is 10.1 Å². The zero-order valence-electron chi connectivity index (χ0n) is 7.51. The van der Waals surface area contributed by atoms with Crippen LogP contribution in [-0.2, 0) is 4.79 Å². The number of nitrogens with one attached hydrogen (secondary N) is 1. The van der Waals surface area contributed by atoms with Crippen molar-refractivity contribution in [3.8, 4) is 0 Å². The molecule has 1 aromatic rings. The van der Waals surface area contributed by atoms with E-state index >= 15 is 0 Å². The number of anilines is 1. The van der Waals surface area contributed by atoms with Crippen molar-refractivity contribution < 1.29 is 24.0 Å². The second kappa shape index (κ2) is 3.78. The van der Waals surface area contributed by atoms with Crippen molar-refractivity contribution in [2.45, 2.75) is 6.92 Å². The molecule has 0 unspecified atom stereocenters. The molecule has 1 aromatic heterocycles. The molecule has 0 atom stereocenters. The molecule has 15 heavy (non-hydrogen) atoms. The van der Waals surface area contributed by atoms with E-state index in [4.69, 9.17) is 5.11 Å². The van der Waals surface area contributed by atoms with Gasteiger partial charge in [0.15, 0.2) is 0 Å². The van der Waals surface area contributed by atoms with E-state index in [2.05, 4.69) is 4.42 Å². The Balaban J connectivity index is 3.17. The summed E-state index contributed by atoms with van der Waals surface area (Å²) in [5.74, 6) is -3.13. The van der Waals surface area contributed by atoms with Crippen molar-refractivity contribution in [1.82, 2.24) is 0 Å². The minimum absolute atomic E-state index is 0.482. The van der Waals surface area contributed by atoms with Gasteiger partial charge in [-0.15, -0.1) is 0 Å². The zero-order chi connectivity index (χ0) is 11.6. The van der Waals surface area contributed by atoms with Crippen LogP contribution in [-0.4, -0.2) is 21.9 Å². The Morgan fingerprint density at radius 3 is 2.60 bits per heavy atom. The molecular formula is C7H6N2O6. The lowest BCUT2D eigenvalue weighted by Gasteiger charge is -1.94. The zero-order valence-corrected chi connectivity index (χ0v) is 7.51. The van der Waals surface area contributed by atoms with Gasteiger partial charge in [0.25, 0.3) is 5.88 Å². The summed E-state index contributed by atoms with van der Waals surface area (Å²) in [6.45, 7) is 1.12. The fraction of sp³-hybridized carbons (Fsp3) is 0.143. The Kier molecular flexibility index (Phi) is 2.70. The van der Waals surface area contributed by atoms with Gasteiger partial charge in [-0.05, 0) is 0 Å². The van der Waals surface area contributed by atoms with E-state index in [0.717, 1.165) is 13.0 Å². The van der Waals surface area contributed by atoms with E-state index in [1.165, 1.54) is 0 Å². The van der Waals surface area contributed by atoms with Crippen molar-refractivity contribution >= 4 is 23.4 Å². The highest BCUT2D eigenvalue weighted by molar-refractivity contribution is 5.92. The molecule has 0 aliphatic carbocycles. The van der Waals surface area contributed by atoms with Crippen molar-refractivity contribution in [2.75, 3.05) is 5.32 Å². The number of nitrogens with zero attached hydrogens (tertiary/aromatic N) is 1. The average molecular weight is 214 g/mol. The first-order valence-corrected chi connectivity index (χ1v) is 3.71. The molecule has 0 bridgehead atoms. The highest BCUT2D eigenvalue weighted by Gasteiger charge is 2.24. The Morgan fingerprint density at radius 2 is 2.20 bits per heavy atom. The van der Waals surface area contributed by atoms with E-state index in [-0.39, 0.29) is 0 Å². The second-order valence-electron chi connectivity index (χ2n) is 2.57. The molecule has 1 amide bonds. The first-order chi connectivity index (χ1) is 6.91. The summed E-state index contributed by atoms with van der Waals surface area (Å²) in [4.78, 5) is 30.7.